The highest BCUT2D eigenvalue weighted by molar-refractivity contribution is 14.0. The second-order valence-electron chi connectivity index (χ2n) is 7.15. The molecule has 0 spiro atoms. The third kappa shape index (κ3) is 6.01. The molecule has 2 N–H and O–H groups in total. The van der Waals surface area contributed by atoms with Gasteiger partial charge in [-0.05, 0) is 45.2 Å². The standard InChI is InChI=1S/C21H31N5O2.HI/c1-15-18(16(2)28-25-15)8-7-12-23-21(22-3)24-17-11-13-26(14-17)19-9-5-6-10-20(19)27-4;/h5-6,9-10,17H,7-8,11-14H2,1-4H3,(H2,22,23,24);1H. The minimum absolute atomic E-state index is 0. The van der Waals surface area contributed by atoms with Gasteiger partial charge in [-0.25, -0.2) is 0 Å². The van der Waals surface area contributed by atoms with Gasteiger partial charge in [0.2, 0.25) is 0 Å². The fraction of sp³-hybridized carbons (Fsp3) is 0.524. The average Bonchev–Trinajstić information content (AvgIpc) is 3.31. The van der Waals surface area contributed by atoms with Gasteiger partial charge in [-0.1, -0.05) is 17.3 Å². The maximum atomic E-state index is 5.50. The molecule has 0 saturated carbocycles. The Bertz CT molecular complexity index is 789. The number of aromatic nitrogens is 1. The van der Waals surface area contributed by atoms with Crippen LogP contribution in [0.1, 0.15) is 29.9 Å². The quantitative estimate of drug-likeness (QED) is 0.256. The summed E-state index contributed by atoms with van der Waals surface area (Å²) in [5.41, 5.74) is 3.35. The van der Waals surface area contributed by atoms with Gasteiger partial charge in [-0.3, -0.25) is 4.99 Å². The molecule has 1 fully saturated rings. The molecule has 8 heteroatoms. The molecule has 0 aliphatic carbocycles. The maximum Gasteiger partial charge on any atom is 0.191 e. The second kappa shape index (κ2) is 11.3. The van der Waals surface area contributed by atoms with Gasteiger partial charge in [0.25, 0.3) is 0 Å². The van der Waals surface area contributed by atoms with Crippen LogP contribution in [-0.4, -0.2) is 50.9 Å². The normalized spacial score (nSPS) is 16.5. The molecule has 1 aliphatic heterocycles. The van der Waals surface area contributed by atoms with E-state index in [1.54, 1.807) is 7.11 Å². The van der Waals surface area contributed by atoms with Crippen LogP contribution in [0.4, 0.5) is 5.69 Å². The van der Waals surface area contributed by atoms with Crippen LogP contribution in [0, 0.1) is 13.8 Å². The molecule has 3 rings (SSSR count). The summed E-state index contributed by atoms with van der Waals surface area (Å²) < 4.78 is 10.7. The van der Waals surface area contributed by atoms with Crippen molar-refractivity contribution in [2.24, 2.45) is 4.99 Å². The lowest BCUT2D eigenvalue weighted by molar-refractivity contribution is 0.392. The zero-order valence-corrected chi connectivity index (χ0v) is 20.0. The summed E-state index contributed by atoms with van der Waals surface area (Å²) in [6.07, 6.45) is 3.02. The largest absolute Gasteiger partial charge is 0.495 e. The number of aryl methyl sites for hydroxylation is 2. The van der Waals surface area contributed by atoms with Gasteiger partial charge in [-0.2, -0.15) is 0 Å². The maximum absolute atomic E-state index is 5.50. The number of para-hydroxylation sites is 2. The van der Waals surface area contributed by atoms with Crippen LogP contribution in [0.3, 0.4) is 0 Å². The summed E-state index contributed by atoms with van der Waals surface area (Å²) in [6, 6.07) is 8.54. The summed E-state index contributed by atoms with van der Waals surface area (Å²) in [4.78, 5) is 6.74. The summed E-state index contributed by atoms with van der Waals surface area (Å²) in [5, 5.41) is 11.0. The van der Waals surface area contributed by atoms with Gasteiger partial charge >= 0.3 is 0 Å². The molecule has 1 saturated heterocycles. The van der Waals surface area contributed by atoms with Gasteiger partial charge < -0.3 is 24.8 Å². The molecule has 7 nitrogen and oxygen atoms in total. The number of guanidine groups is 1. The molecule has 1 aliphatic rings. The number of hydrogen-bond acceptors (Lipinski definition) is 5. The predicted octanol–water partition coefficient (Wildman–Crippen LogP) is 3.29. The third-order valence-electron chi connectivity index (χ3n) is 5.26. The van der Waals surface area contributed by atoms with E-state index >= 15 is 0 Å². The number of rotatable bonds is 7. The first-order chi connectivity index (χ1) is 13.6. The third-order valence-corrected chi connectivity index (χ3v) is 5.26. The molecule has 1 atom stereocenters. The topological polar surface area (TPSA) is 74.9 Å². The molecule has 2 aromatic rings. The van der Waals surface area contributed by atoms with Crippen LogP contribution in [-0.2, 0) is 6.42 Å². The first-order valence-corrected chi connectivity index (χ1v) is 9.89. The molecule has 0 bridgehead atoms. The van der Waals surface area contributed by atoms with Crippen LogP contribution in [0.5, 0.6) is 5.75 Å². The Labute approximate surface area is 190 Å². The Balaban J connectivity index is 0.00000300. The molecule has 0 amide bonds. The van der Waals surface area contributed by atoms with Crippen molar-refractivity contribution in [3.63, 3.8) is 0 Å². The number of anilines is 1. The highest BCUT2D eigenvalue weighted by Gasteiger charge is 2.25. The fourth-order valence-corrected chi connectivity index (χ4v) is 3.71. The van der Waals surface area contributed by atoms with Crippen LogP contribution >= 0.6 is 24.0 Å². The number of hydrogen-bond donors (Lipinski definition) is 2. The van der Waals surface area contributed by atoms with Crippen molar-refractivity contribution in [1.82, 2.24) is 15.8 Å². The minimum Gasteiger partial charge on any atom is -0.495 e. The number of nitrogens with zero attached hydrogens (tertiary/aromatic N) is 3. The first kappa shape index (κ1) is 23.3. The Morgan fingerprint density at radius 3 is 2.83 bits per heavy atom. The van der Waals surface area contributed by atoms with Crippen LogP contribution in [0.15, 0.2) is 33.8 Å². The van der Waals surface area contributed by atoms with Gasteiger partial charge in [-0.15, -0.1) is 24.0 Å². The summed E-state index contributed by atoms with van der Waals surface area (Å²) in [7, 11) is 3.54. The molecule has 160 valence electrons. The number of ether oxygens (including phenoxy) is 1. The number of aliphatic imine (C=N–C) groups is 1. The molecule has 29 heavy (non-hydrogen) atoms. The van der Waals surface area contributed by atoms with E-state index in [1.807, 2.05) is 33.0 Å². The van der Waals surface area contributed by atoms with Crippen LogP contribution in [0.2, 0.25) is 0 Å². The van der Waals surface area contributed by atoms with E-state index in [0.29, 0.717) is 6.04 Å². The minimum atomic E-state index is 0. The van der Waals surface area contributed by atoms with Crippen LogP contribution in [0.25, 0.3) is 0 Å². The predicted molar refractivity (Wildman–Crippen MR) is 128 cm³/mol. The lowest BCUT2D eigenvalue weighted by Crippen LogP contribution is -2.44. The van der Waals surface area contributed by atoms with E-state index < -0.39 is 0 Å². The van der Waals surface area contributed by atoms with E-state index in [-0.39, 0.29) is 24.0 Å². The summed E-state index contributed by atoms with van der Waals surface area (Å²) in [6.45, 7) is 6.75. The van der Waals surface area contributed by atoms with Crippen molar-refractivity contribution in [2.45, 2.75) is 39.2 Å². The van der Waals surface area contributed by atoms with E-state index in [4.69, 9.17) is 9.26 Å². The Kier molecular flexibility index (Phi) is 9.06. The SMILES string of the molecule is CN=C(NCCCc1c(C)noc1C)NC1CCN(c2ccccc2OC)C1.I. The molecule has 2 heterocycles. The zero-order chi connectivity index (χ0) is 19.9. The van der Waals surface area contributed by atoms with E-state index in [1.165, 1.54) is 5.56 Å². The van der Waals surface area contributed by atoms with E-state index in [9.17, 15) is 0 Å². The lowest BCUT2D eigenvalue weighted by atomic mass is 10.1. The van der Waals surface area contributed by atoms with Crippen molar-refractivity contribution in [1.29, 1.82) is 0 Å². The summed E-state index contributed by atoms with van der Waals surface area (Å²) >= 11 is 0. The highest BCUT2D eigenvalue weighted by Crippen LogP contribution is 2.30. The second-order valence-corrected chi connectivity index (χ2v) is 7.15. The highest BCUT2D eigenvalue weighted by atomic mass is 127. The van der Waals surface area contributed by atoms with Gasteiger partial charge in [0.15, 0.2) is 5.96 Å². The van der Waals surface area contributed by atoms with Gasteiger partial charge in [0.05, 0.1) is 18.5 Å². The molecule has 1 aromatic heterocycles. The van der Waals surface area contributed by atoms with Crippen LogP contribution < -0.4 is 20.3 Å². The van der Waals surface area contributed by atoms with Crippen molar-refractivity contribution in [2.75, 3.05) is 38.7 Å². The van der Waals surface area contributed by atoms with Crippen molar-refractivity contribution in [3.8, 4) is 5.75 Å². The first-order valence-electron chi connectivity index (χ1n) is 9.89. The molecule has 0 radical (unpaired) electrons. The Morgan fingerprint density at radius 2 is 2.14 bits per heavy atom. The van der Waals surface area contributed by atoms with E-state index in [0.717, 1.165) is 67.7 Å². The molecular formula is C21H32IN5O2. The fourth-order valence-electron chi connectivity index (χ4n) is 3.71. The van der Waals surface area contributed by atoms with E-state index in [2.05, 4.69) is 37.8 Å². The Hall–Kier alpha value is -1.97. The van der Waals surface area contributed by atoms with Crippen molar-refractivity contribution in [3.05, 3.63) is 41.3 Å². The molecule has 1 unspecified atom stereocenters. The summed E-state index contributed by atoms with van der Waals surface area (Å²) in [5.74, 6) is 2.69. The number of benzene rings is 1. The number of halogens is 1. The monoisotopic (exact) mass is 513 g/mol. The number of methoxy groups -OCH3 is 1. The average molecular weight is 513 g/mol. The number of nitrogens with one attached hydrogen (secondary N) is 2. The van der Waals surface area contributed by atoms with Crippen molar-refractivity contribution >= 4 is 35.6 Å². The van der Waals surface area contributed by atoms with Crippen molar-refractivity contribution < 1.29 is 9.26 Å². The molecule has 1 aromatic carbocycles. The smallest absolute Gasteiger partial charge is 0.191 e. The Morgan fingerprint density at radius 1 is 1.34 bits per heavy atom. The zero-order valence-electron chi connectivity index (χ0n) is 17.7. The molecular weight excluding hydrogens is 481 g/mol. The lowest BCUT2D eigenvalue weighted by Gasteiger charge is -2.22. The van der Waals surface area contributed by atoms with Gasteiger partial charge in [0.1, 0.15) is 11.5 Å². The van der Waals surface area contributed by atoms with Gasteiger partial charge in [0, 0.05) is 38.3 Å².